The zero-order chi connectivity index (χ0) is 59.9. The van der Waals surface area contributed by atoms with E-state index in [-0.39, 0.29) is 31.1 Å². The van der Waals surface area contributed by atoms with E-state index >= 15 is 0 Å². The molecule has 0 aromatic carbocycles. The quantitative estimate of drug-likeness (QED) is 0.0261. The maximum Gasteiger partial charge on any atom is 0.306 e. The minimum Gasteiger partial charge on any atom is -0.462 e. The first kappa shape index (κ1) is 79.6. The number of allylic oxidation sites excluding steroid dienone is 14. The standard InChI is InChI=1S/C77H136O6/c1-4-7-10-13-16-19-22-25-28-31-33-35-37-38-40-41-43-46-49-52-55-58-61-64-67-70-76(79)82-73-74(72-81-75(78)69-66-63-60-57-54-51-48-45-30-27-24-21-18-15-12-9-6-3)83-77(80)71-68-65-62-59-56-53-50-47-44-42-39-36-34-32-29-26-23-20-17-14-11-8-5-2/h7,10,16,18-19,21,25,27-28,30,32-35,74H,4-6,8-9,11-15,17,20,22-24,26,29,31,36-73H2,1-3H3/b10-7-,19-16-,21-18-,28-25-,30-27-,34-32-,35-33-. The molecule has 6 nitrogen and oxygen atoms in total. The Kier molecular flexibility index (Phi) is 68.2. The van der Waals surface area contributed by atoms with E-state index in [1.165, 1.54) is 231 Å². The Morgan fingerprint density at radius 3 is 0.771 bits per heavy atom. The summed E-state index contributed by atoms with van der Waals surface area (Å²) in [4.78, 5) is 38.5. The lowest BCUT2D eigenvalue weighted by Gasteiger charge is -2.18. The summed E-state index contributed by atoms with van der Waals surface area (Å²) in [6.07, 6.45) is 94.6. The molecule has 83 heavy (non-hydrogen) atoms. The van der Waals surface area contributed by atoms with Crippen LogP contribution in [0.1, 0.15) is 367 Å². The number of carbonyl (C=O) groups excluding carboxylic acids is 3. The van der Waals surface area contributed by atoms with E-state index in [0.29, 0.717) is 19.3 Å². The van der Waals surface area contributed by atoms with Gasteiger partial charge in [0.25, 0.3) is 0 Å². The average Bonchev–Trinajstić information content (AvgIpc) is 3.49. The Bertz CT molecular complexity index is 1570. The fourth-order valence-corrected chi connectivity index (χ4v) is 10.5. The van der Waals surface area contributed by atoms with Crippen LogP contribution in [0.25, 0.3) is 0 Å². The van der Waals surface area contributed by atoms with Crippen LogP contribution >= 0.6 is 0 Å². The van der Waals surface area contributed by atoms with E-state index in [2.05, 4.69) is 106 Å². The molecular weight excluding hydrogens is 1020 g/mol. The van der Waals surface area contributed by atoms with Gasteiger partial charge in [0.2, 0.25) is 0 Å². The van der Waals surface area contributed by atoms with Crippen LogP contribution in [0.5, 0.6) is 0 Å². The third kappa shape index (κ3) is 69.3. The van der Waals surface area contributed by atoms with E-state index in [9.17, 15) is 14.4 Å². The molecule has 0 amide bonds. The molecule has 1 atom stereocenters. The maximum absolute atomic E-state index is 13.0. The van der Waals surface area contributed by atoms with Crippen LogP contribution in [0, 0.1) is 0 Å². The highest BCUT2D eigenvalue weighted by Crippen LogP contribution is 2.17. The molecule has 1 unspecified atom stereocenters. The molecule has 0 radical (unpaired) electrons. The zero-order valence-electron chi connectivity index (χ0n) is 55.2. The molecule has 6 heteroatoms. The highest BCUT2D eigenvalue weighted by Gasteiger charge is 2.19. The molecule has 0 bridgehead atoms. The Hall–Kier alpha value is -3.41. The van der Waals surface area contributed by atoms with Crippen molar-refractivity contribution in [3.8, 4) is 0 Å². The highest BCUT2D eigenvalue weighted by molar-refractivity contribution is 5.71. The summed E-state index contributed by atoms with van der Waals surface area (Å²) in [5, 5.41) is 0. The third-order valence-electron chi connectivity index (χ3n) is 15.9. The van der Waals surface area contributed by atoms with E-state index in [4.69, 9.17) is 14.2 Å². The topological polar surface area (TPSA) is 78.9 Å². The van der Waals surface area contributed by atoms with E-state index < -0.39 is 6.10 Å². The first-order valence-electron chi connectivity index (χ1n) is 36.1. The second-order valence-electron chi connectivity index (χ2n) is 24.1. The Morgan fingerprint density at radius 1 is 0.253 bits per heavy atom. The van der Waals surface area contributed by atoms with Crippen molar-refractivity contribution in [2.75, 3.05) is 13.2 Å². The molecule has 0 spiro atoms. The molecule has 0 aliphatic heterocycles. The molecule has 0 heterocycles. The van der Waals surface area contributed by atoms with E-state index in [1.807, 2.05) is 0 Å². The van der Waals surface area contributed by atoms with Gasteiger partial charge in [0, 0.05) is 19.3 Å². The molecule has 0 saturated carbocycles. The van der Waals surface area contributed by atoms with Crippen molar-refractivity contribution in [2.45, 2.75) is 374 Å². The summed E-state index contributed by atoms with van der Waals surface area (Å²) in [5.41, 5.74) is 0. The first-order chi connectivity index (χ1) is 41.0. The minimum atomic E-state index is -0.783. The van der Waals surface area contributed by atoms with Gasteiger partial charge in [-0.1, -0.05) is 318 Å². The lowest BCUT2D eigenvalue weighted by molar-refractivity contribution is -0.167. The SMILES string of the molecule is CC/C=C\C/C=C\C/C=C\C/C=C\CCCCCCCCCCCCCCC(=O)OCC(COC(=O)CCCCCCCCC/C=C\C/C=C\CCCCC)OC(=O)CCCCCCCCCCCCC/C=C\CCCCCCCCCC. The molecule has 0 fully saturated rings. The van der Waals surface area contributed by atoms with Crippen LogP contribution in [0.2, 0.25) is 0 Å². The molecule has 0 saturated heterocycles. The minimum absolute atomic E-state index is 0.0778. The first-order valence-corrected chi connectivity index (χ1v) is 36.1. The largest absolute Gasteiger partial charge is 0.462 e. The fourth-order valence-electron chi connectivity index (χ4n) is 10.5. The molecule has 0 aromatic heterocycles. The second kappa shape index (κ2) is 71.1. The number of ether oxygens (including phenoxy) is 3. The van der Waals surface area contributed by atoms with E-state index in [0.717, 1.165) is 96.3 Å². The van der Waals surface area contributed by atoms with Gasteiger partial charge < -0.3 is 14.2 Å². The van der Waals surface area contributed by atoms with Crippen molar-refractivity contribution in [1.82, 2.24) is 0 Å². The number of hydrogen-bond acceptors (Lipinski definition) is 6. The van der Waals surface area contributed by atoms with Gasteiger partial charge in [-0.25, -0.2) is 0 Å². The smallest absolute Gasteiger partial charge is 0.306 e. The van der Waals surface area contributed by atoms with Crippen LogP contribution in [0.15, 0.2) is 85.1 Å². The van der Waals surface area contributed by atoms with Gasteiger partial charge in [-0.15, -0.1) is 0 Å². The second-order valence-corrected chi connectivity index (χ2v) is 24.1. The number of unbranched alkanes of at least 4 members (excludes halogenated alkanes) is 41. The fraction of sp³-hybridized carbons (Fsp3) is 0.779. The molecule has 0 N–H and O–H groups in total. The predicted octanol–water partition coefficient (Wildman–Crippen LogP) is 25.0. The van der Waals surface area contributed by atoms with Gasteiger partial charge in [0.05, 0.1) is 0 Å². The normalized spacial score (nSPS) is 12.6. The molecule has 480 valence electrons. The number of esters is 3. The number of hydrogen-bond donors (Lipinski definition) is 0. The summed E-state index contributed by atoms with van der Waals surface area (Å²) in [6.45, 7) is 6.55. The van der Waals surface area contributed by atoms with Gasteiger partial charge in [0.15, 0.2) is 6.10 Å². The van der Waals surface area contributed by atoms with Crippen LogP contribution < -0.4 is 0 Å². The van der Waals surface area contributed by atoms with Crippen LogP contribution in [0.4, 0.5) is 0 Å². The van der Waals surface area contributed by atoms with Crippen LogP contribution in [-0.2, 0) is 28.6 Å². The Labute approximate surface area is 515 Å². The molecule has 0 aliphatic carbocycles. The van der Waals surface area contributed by atoms with Crippen molar-refractivity contribution >= 4 is 17.9 Å². The molecule has 0 aliphatic rings. The van der Waals surface area contributed by atoms with Crippen LogP contribution in [0.3, 0.4) is 0 Å². The summed E-state index contributed by atoms with van der Waals surface area (Å²) >= 11 is 0. The summed E-state index contributed by atoms with van der Waals surface area (Å²) in [7, 11) is 0. The molecular formula is C77H136O6. The lowest BCUT2D eigenvalue weighted by Crippen LogP contribution is -2.30. The highest BCUT2D eigenvalue weighted by atomic mass is 16.6. The van der Waals surface area contributed by atoms with Crippen molar-refractivity contribution in [3.63, 3.8) is 0 Å². The van der Waals surface area contributed by atoms with Crippen LogP contribution in [-0.4, -0.2) is 37.2 Å². The Balaban J connectivity index is 4.34. The summed E-state index contributed by atoms with van der Waals surface area (Å²) in [5.74, 6) is -0.868. The van der Waals surface area contributed by atoms with Crippen molar-refractivity contribution in [2.24, 2.45) is 0 Å². The van der Waals surface area contributed by atoms with Gasteiger partial charge in [0.1, 0.15) is 13.2 Å². The van der Waals surface area contributed by atoms with Gasteiger partial charge in [-0.05, 0) is 116 Å². The summed E-state index contributed by atoms with van der Waals surface area (Å²) < 4.78 is 17.0. The molecule has 0 rings (SSSR count). The number of rotatable bonds is 66. The summed E-state index contributed by atoms with van der Waals surface area (Å²) in [6, 6.07) is 0. The molecule has 0 aromatic rings. The van der Waals surface area contributed by atoms with Crippen molar-refractivity contribution in [1.29, 1.82) is 0 Å². The van der Waals surface area contributed by atoms with Crippen molar-refractivity contribution < 1.29 is 28.6 Å². The zero-order valence-corrected chi connectivity index (χ0v) is 55.2. The van der Waals surface area contributed by atoms with Crippen molar-refractivity contribution in [3.05, 3.63) is 85.1 Å². The average molecular weight is 1160 g/mol. The lowest BCUT2D eigenvalue weighted by atomic mass is 10.0. The third-order valence-corrected chi connectivity index (χ3v) is 15.9. The Morgan fingerprint density at radius 2 is 0.470 bits per heavy atom. The van der Waals surface area contributed by atoms with Gasteiger partial charge in [-0.2, -0.15) is 0 Å². The van der Waals surface area contributed by atoms with Gasteiger partial charge in [-0.3, -0.25) is 14.4 Å². The monoisotopic (exact) mass is 1160 g/mol. The number of carbonyl (C=O) groups is 3. The predicted molar refractivity (Wildman–Crippen MR) is 362 cm³/mol. The van der Waals surface area contributed by atoms with Gasteiger partial charge >= 0.3 is 17.9 Å². The van der Waals surface area contributed by atoms with E-state index in [1.54, 1.807) is 0 Å². The maximum atomic E-state index is 13.0.